The highest BCUT2D eigenvalue weighted by Gasteiger charge is 2.35. The first-order valence-corrected chi connectivity index (χ1v) is 13.1. The van der Waals surface area contributed by atoms with Gasteiger partial charge in [0.15, 0.2) is 0 Å². The fourth-order valence-electron chi connectivity index (χ4n) is 5.38. The molecule has 35 heavy (non-hydrogen) atoms. The Hall–Kier alpha value is -2.31. The van der Waals surface area contributed by atoms with Crippen LogP contribution in [0, 0.1) is 11.8 Å². The van der Waals surface area contributed by atoms with Crippen molar-refractivity contribution in [3.63, 3.8) is 0 Å². The molecule has 5 nitrogen and oxygen atoms in total. The van der Waals surface area contributed by atoms with Gasteiger partial charge in [0.05, 0.1) is 0 Å². The molecule has 2 unspecified atom stereocenters. The molecule has 1 heterocycles. The zero-order chi connectivity index (χ0) is 24.4. The van der Waals surface area contributed by atoms with Crippen molar-refractivity contribution < 1.29 is 14.7 Å². The molecule has 6 heteroatoms. The first-order valence-electron chi connectivity index (χ1n) is 12.7. The number of phenols is 1. The van der Waals surface area contributed by atoms with E-state index in [1.165, 1.54) is 19.4 Å². The molecule has 2 aromatic rings. The van der Waals surface area contributed by atoms with E-state index in [1.54, 1.807) is 12.1 Å². The van der Waals surface area contributed by atoms with Crippen LogP contribution >= 0.6 is 11.6 Å². The van der Waals surface area contributed by atoms with Gasteiger partial charge in [-0.15, -0.1) is 0 Å². The number of halogens is 1. The molecule has 186 valence electrons. The highest BCUT2D eigenvalue weighted by Crippen LogP contribution is 2.46. The topological polar surface area (TPSA) is 68.0 Å². The van der Waals surface area contributed by atoms with Crippen LogP contribution in [0.4, 0.5) is 0 Å². The maximum atomic E-state index is 9.77. The number of nitrogens with two attached hydrogens (primary N) is 1. The van der Waals surface area contributed by atoms with Gasteiger partial charge in [-0.25, -0.2) is 5.90 Å². The van der Waals surface area contributed by atoms with Crippen molar-refractivity contribution in [2.45, 2.75) is 50.2 Å². The Balaban J connectivity index is 1.35. The number of allylic oxidation sites excluding steroid dienone is 2. The summed E-state index contributed by atoms with van der Waals surface area (Å²) < 4.78 is 6.22. The number of nitrogens with zero attached hydrogens (tertiary/aromatic N) is 1. The van der Waals surface area contributed by atoms with E-state index < -0.39 is 6.10 Å². The predicted molar refractivity (Wildman–Crippen MR) is 139 cm³/mol. The van der Waals surface area contributed by atoms with Gasteiger partial charge in [-0.3, -0.25) is 9.74 Å². The van der Waals surface area contributed by atoms with E-state index in [2.05, 4.69) is 29.7 Å². The largest absolute Gasteiger partial charge is 0.508 e. The number of likely N-dealkylation sites (tertiary alicyclic amines) is 1. The number of ether oxygens (including phenoxy) is 1. The lowest BCUT2D eigenvalue weighted by atomic mass is 9.76. The highest BCUT2D eigenvalue weighted by atomic mass is 35.5. The predicted octanol–water partition coefficient (Wildman–Crippen LogP) is 6.06. The van der Waals surface area contributed by atoms with Gasteiger partial charge in [-0.2, -0.15) is 0 Å². The van der Waals surface area contributed by atoms with Gasteiger partial charge in [0, 0.05) is 36.5 Å². The first kappa shape index (κ1) is 24.4. The Labute approximate surface area is 213 Å². The van der Waals surface area contributed by atoms with E-state index in [-0.39, 0.29) is 23.7 Å². The van der Waals surface area contributed by atoms with Crippen LogP contribution in [0.1, 0.15) is 55.3 Å². The molecular weight excluding hydrogens is 460 g/mol. The summed E-state index contributed by atoms with van der Waals surface area (Å²) in [6, 6.07) is 15.2. The monoisotopic (exact) mass is 494 g/mol. The molecule has 1 saturated carbocycles. The van der Waals surface area contributed by atoms with Crippen LogP contribution in [0.15, 0.2) is 71.8 Å². The van der Waals surface area contributed by atoms with Crippen LogP contribution in [0.5, 0.6) is 11.5 Å². The molecule has 0 bridgehead atoms. The Morgan fingerprint density at radius 3 is 2.37 bits per heavy atom. The first-order chi connectivity index (χ1) is 17.0. The molecular formula is C29H35ClN2O3. The Morgan fingerprint density at radius 2 is 1.74 bits per heavy atom. The van der Waals surface area contributed by atoms with Crippen molar-refractivity contribution in [2.75, 3.05) is 19.6 Å². The van der Waals surface area contributed by atoms with E-state index in [9.17, 15) is 5.11 Å². The summed E-state index contributed by atoms with van der Waals surface area (Å²) in [7, 11) is 0. The van der Waals surface area contributed by atoms with Crippen LogP contribution in [-0.4, -0.2) is 35.7 Å². The molecule has 0 amide bonds. The fraction of sp³-hybridized carbons (Fsp3) is 0.448. The van der Waals surface area contributed by atoms with E-state index in [1.807, 2.05) is 24.3 Å². The molecule has 0 aromatic heterocycles. The van der Waals surface area contributed by atoms with Gasteiger partial charge in [0.25, 0.3) is 0 Å². The van der Waals surface area contributed by atoms with Crippen LogP contribution in [-0.2, 0) is 4.84 Å². The second kappa shape index (κ2) is 10.8. The van der Waals surface area contributed by atoms with Crippen molar-refractivity contribution in [2.24, 2.45) is 17.7 Å². The molecule has 1 aliphatic heterocycles. The molecule has 1 saturated heterocycles. The van der Waals surface area contributed by atoms with E-state index in [0.717, 1.165) is 65.8 Å². The summed E-state index contributed by atoms with van der Waals surface area (Å²) in [5, 5.41) is 10.6. The molecule has 3 aliphatic rings. The summed E-state index contributed by atoms with van der Waals surface area (Å²) >= 11 is 6.65. The number of rotatable bonds is 10. The normalized spacial score (nSPS) is 22.7. The summed E-state index contributed by atoms with van der Waals surface area (Å²) in [6.45, 7) is 7.74. The number of hydrogen-bond acceptors (Lipinski definition) is 5. The van der Waals surface area contributed by atoms with Crippen LogP contribution in [0.2, 0.25) is 0 Å². The minimum Gasteiger partial charge on any atom is -0.508 e. The number of phenolic OH excluding ortho intramolecular Hbond substituents is 1. The summed E-state index contributed by atoms with van der Waals surface area (Å²) in [5.74, 6) is 7.72. The lowest BCUT2D eigenvalue weighted by Gasteiger charge is -2.39. The standard InChI is InChI=1S/C29H35ClN2O3/c1-19(26-4-2-3-5-27(26)30)28(29(35-31)22-8-12-23(33)13-9-22)21-10-14-24(15-11-21)34-25-17-32(18-25)16-20-6-7-20/h5,8-15,20,25-26,28-29,33H,1-4,6-7,16-18,31H2/t26?,28-,29?/m0/s1. The molecule has 2 aromatic carbocycles. The lowest BCUT2D eigenvalue weighted by Crippen LogP contribution is -2.54. The summed E-state index contributed by atoms with van der Waals surface area (Å²) in [4.78, 5) is 8.05. The third-order valence-electron chi connectivity index (χ3n) is 7.57. The third kappa shape index (κ3) is 5.75. The molecule has 0 radical (unpaired) electrons. The van der Waals surface area contributed by atoms with Gasteiger partial charge in [0.1, 0.15) is 23.7 Å². The zero-order valence-electron chi connectivity index (χ0n) is 20.1. The number of hydrogen-bond donors (Lipinski definition) is 2. The lowest BCUT2D eigenvalue weighted by molar-refractivity contribution is 0.0171. The molecule has 2 fully saturated rings. The average molecular weight is 495 g/mol. The van der Waals surface area contributed by atoms with Crippen LogP contribution < -0.4 is 10.6 Å². The highest BCUT2D eigenvalue weighted by molar-refractivity contribution is 6.30. The summed E-state index contributed by atoms with van der Waals surface area (Å²) in [6.07, 6.45) is 7.68. The maximum absolute atomic E-state index is 9.77. The van der Waals surface area contributed by atoms with Gasteiger partial charge >= 0.3 is 0 Å². The molecule has 2 aliphatic carbocycles. The maximum Gasteiger partial charge on any atom is 0.124 e. The SMILES string of the molecule is C=C(C1CCCC=C1Cl)[C@@H](c1ccc(OC2CN(CC3CC3)C2)cc1)C(ON)c1ccc(O)cc1. The van der Waals surface area contributed by atoms with Crippen molar-refractivity contribution in [1.82, 2.24) is 4.90 Å². The molecule has 3 atom stereocenters. The minimum absolute atomic E-state index is 0.0635. The third-order valence-corrected chi connectivity index (χ3v) is 7.98. The van der Waals surface area contributed by atoms with Crippen molar-refractivity contribution in [3.05, 3.63) is 82.9 Å². The number of benzene rings is 2. The summed E-state index contributed by atoms with van der Waals surface area (Å²) in [5.41, 5.74) is 2.90. The van der Waals surface area contributed by atoms with Gasteiger partial charge in [-0.1, -0.05) is 54.1 Å². The second-order valence-electron chi connectivity index (χ2n) is 10.2. The van der Waals surface area contributed by atoms with Gasteiger partial charge in [-0.05, 0) is 73.4 Å². The zero-order valence-corrected chi connectivity index (χ0v) is 20.9. The molecule has 0 spiro atoms. The van der Waals surface area contributed by atoms with E-state index in [4.69, 9.17) is 27.1 Å². The van der Waals surface area contributed by atoms with E-state index >= 15 is 0 Å². The minimum atomic E-state index is -0.469. The van der Waals surface area contributed by atoms with Crippen molar-refractivity contribution in [1.29, 1.82) is 0 Å². The van der Waals surface area contributed by atoms with Gasteiger partial charge in [0.2, 0.25) is 0 Å². The average Bonchev–Trinajstić information content (AvgIpc) is 3.67. The Bertz CT molecular complexity index is 1040. The number of aromatic hydroxyl groups is 1. The fourth-order valence-corrected chi connectivity index (χ4v) is 5.73. The quantitative estimate of drug-likeness (QED) is 0.310. The van der Waals surface area contributed by atoms with Crippen LogP contribution in [0.3, 0.4) is 0 Å². The molecule has 3 N–H and O–H groups in total. The van der Waals surface area contributed by atoms with Crippen LogP contribution in [0.25, 0.3) is 0 Å². The molecule has 5 rings (SSSR count). The Morgan fingerprint density at radius 1 is 1.06 bits per heavy atom. The Kier molecular flexibility index (Phi) is 7.49. The smallest absolute Gasteiger partial charge is 0.124 e. The van der Waals surface area contributed by atoms with E-state index in [0.29, 0.717) is 0 Å². The van der Waals surface area contributed by atoms with Gasteiger partial charge < -0.3 is 9.84 Å². The second-order valence-corrected chi connectivity index (χ2v) is 10.7. The van der Waals surface area contributed by atoms with Crippen molar-refractivity contribution in [3.8, 4) is 11.5 Å². The van der Waals surface area contributed by atoms with Crippen molar-refractivity contribution >= 4 is 11.6 Å².